The number of para-hydroxylation sites is 1. The van der Waals surface area contributed by atoms with Crippen LogP contribution < -0.4 is 0 Å². The SMILES string of the molecule is c1ccc(-c2nc(-c3ccc(-n4c5ccccc5c5cc6ccccc6cc54)c4ccccc34)nc(-c3cccc4sc5ccccc5c34)n2)cc1. The lowest BCUT2D eigenvalue weighted by molar-refractivity contribution is 1.08. The average molecular weight is 681 g/mol. The predicted molar refractivity (Wildman–Crippen MR) is 218 cm³/mol. The minimum Gasteiger partial charge on any atom is -0.309 e. The number of benzene rings is 8. The van der Waals surface area contributed by atoms with E-state index in [4.69, 9.17) is 15.0 Å². The molecule has 3 aromatic heterocycles. The number of rotatable bonds is 4. The molecule has 0 atom stereocenters. The molecule has 0 saturated carbocycles. The summed E-state index contributed by atoms with van der Waals surface area (Å²) in [7, 11) is 0. The molecule has 0 N–H and O–H groups in total. The molecule has 0 aliphatic rings. The Morgan fingerprint density at radius 1 is 0.385 bits per heavy atom. The van der Waals surface area contributed by atoms with Crippen molar-refractivity contribution >= 4 is 74.9 Å². The van der Waals surface area contributed by atoms with E-state index in [9.17, 15) is 0 Å². The fourth-order valence-corrected chi connectivity index (χ4v) is 9.01. The third-order valence-electron chi connectivity index (χ3n) is 10.2. The molecule has 8 aromatic carbocycles. The van der Waals surface area contributed by atoms with Crippen molar-refractivity contribution in [3.05, 3.63) is 170 Å². The second-order valence-electron chi connectivity index (χ2n) is 13.2. The van der Waals surface area contributed by atoms with Gasteiger partial charge in [-0.3, -0.25) is 0 Å². The highest BCUT2D eigenvalue weighted by Gasteiger charge is 2.20. The van der Waals surface area contributed by atoms with Crippen LogP contribution in [0.1, 0.15) is 0 Å². The van der Waals surface area contributed by atoms with Crippen LogP contribution in [0.2, 0.25) is 0 Å². The molecule has 0 bridgehead atoms. The van der Waals surface area contributed by atoms with Gasteiger partial charge in [0.05, 0.1) is 16.7 Å². The third-order valence-corrected chi connectivity index (χ3v) is 11.4. The van der Waals surface area contributed by atoms with Crippen molar-refractivity contribution in [2.45, 2.75) is 0 Å². The lowest BCUT2D eigenvalue weighted by Crippen LogP contribution is -2.02. The van der Waals surface area contributed by atoms with E-state index in [0.717, 1.165) is 33.2 Å². The van der Waals surface area contributed by atoms with Gasteiger partial charge in [0.1, 0.15) is 0 Å². The smallest absolute Gasteiger partial charge is 0.164 e. The summed E-state index contributed by atoms with van der Waals surface area (Å²) in [4.78, 5) is 15.6. The Labute approximate surface area is 302 Å². The Morgan fingerprint density at radius 3 is 1.87 bits per heavy atom. The van der Waals surface area contributed by atoms with Crippen LogP contribution in [0.3, 0.4) is 0 Å². The molecule has 0 saturated heterocycles. The first-order valence-corrected chi connectivity index (χ1v) is 18.3. The number of hydrogen-bond donors (Lipinski definition) is 0. The van der Waals surface area contributed by atoms with Gasteiger partial charge in [0.25, 0.3) is 0 Å². The van der Waals surface area contributed by atoms with Crippen LogP contribution in [0, 0.1) is 0 Å². The molecule has 5 heteroatoms. The first-order valence-electron chi connectivity index (χ1n) is 17.5. The van der Waals surface area contributed by atoms with E-state index in [2.05, 4.69) is 156 Å². The Balaban J connectivity index is 1.18. The van der Waals surface area contributed by atoms with Gasteiger partial charge in [-0.05, 0) is 58.6 Å². The Kier molecular flexibility index (Phi) is 6.39. The second-order valence-corrected chi connectivity index (χ2v) is 14.3. The van der Waals surface area contributed by atoms with Gasteiger partial charge >= 0.3 is 0 Å². The Bertz CT molecular complexity index is 3190. The largest absolute Gasteiger partial charge is 0.309 e. The van der Waals surface area contributed by atoms with E-state index in [-0.39, 0.29) is 0 Å². The third kappa shape index (κ3) is 4.43. The molecule has 11 rings (SSSR count). The van der Waals surface area contributed by atoms with Crippen molar-refractivity contribution in [2.75, 3.05) is 0 Å². The predicted octanol–water partition coefficient (Wildman–Crippen LogP) is 12.6. The van der Waals surface area contributed by atoms with E-state index in [1.807, 2.05) is 18.2 Å². The van der Waals surface area contributed by atoms with Crippen LogP contribution in [-0.2, 0) is 0 Å². The molecule has 0 aliphatic carbocycles. The Morgan fingerprint density at radius 2 is 1.02 bits per heavy atom. The minimum absolute atomic E-state index is 0.649. The van der Waals surface area contributed by atoms with Crippen LogP contribution in [0.25, 0.3) is 103 Å². The van der Waals surface area contributed by atoms with E-state index in [1.54, 1.807) is 11.3 Å². The molecule has 11 aromatic rings. The highest BCUT2D eigenvalue weighted by molar-refractivity contribution is 7.25. The fraction of sp³-hybridized carbons (Fsp3) is 0. The van der Waals surface area contributed by atoms with E-state index >= 15 is 0 Å². The standard InChI is InChI=1S/C47H28N4S/c1-2-13-29(14-3-1)45-48-46(50-47(49-45)37-21-12-24-43-44(37)36-20-9-11-23-42(36)52-43)35-25-26-40(33-18-7-6-17-32(33)35)51-39-22-10-8-19-34(39)38-27-30-15-4-5-16-31(30)28-41(38)51/h1-28H. The normalized spacial score (nSPS) is 11.8. The summed E-state index contributed by atoms with van der Waals surface area (Å²) in [5.74, 6) is 1.97. The first kappa shape index (κ1) is 29.1. The number of fused-ring (bicyclic) bond motifs is 8. The summed E-state index contributed by atoms with van der Waals surface area (Å²) < 4.78 is 4.89. The molecular formula is C47H28N4S. The highest BCUT2D eigenvalue weighted by atomic mass is 32.1. The maximum atomic E-state index is 5.29. The van der Waals surface area contributed by atoms with Crippen LogP contribution in [0.15, 0.2) is 170 Å². The van der Waals surface area contributed by atoms with Crippen LogP contribution in [0.4, 0.5) is 0 Å². The van der Waals surface area contributed by atoms with Gasteiger partial charge in [-0.2, -0.15) is 0 Å². The molecule has 0 spiro atoms. The molecule has 0 aliphatic heterocycles. The second kappa shape index (κ2) is 11.4. The molecule has 0 radical (unpaired) electrons. The average Bonchev–Trinajstić information content (AvgIpc) is 3.75. The van der Waals surface area contributed by atoms with Crippen molar-refractivity contribution in [1.29, 1.82) is 0 Å². The van der Waals surface area contributed by atoms with E-state index in [0.29, 0.717) is 17.5 Å². The summed E-state index contributed by atoms with van der Waals surface area (Å²) in [6, 6.07) is 60.3. The Hall–Kier alpha value is -6.69. The zero-order valence-electron chi connectivity index (χ0n) is 27.9. The number of hydrogen-bond acceptors (Lipinski definition) is 4. The topological polar surface area (TPSA) is 43.6 Å². The summed E-state index contributed by atoms with van der Waals surface area (Å²) in [6.07, 6.45) is 0. The monoisotopic (exact) mass is 680 g/mol. The van der Waals surface area contributed by atoms with Crippen molar-refractivity contribution in [1.82, 2.24) is 19.5 Å². The van der Waals surface area contributed by atoms with Gasteiger partial charge < -0.3 is 4.57 Å². The van der Waals surface area contributed by atoms with Crippen LogP contribution in [-0.4, -0.2) is 19.5 Å². The fourth-order valence-electron chi connectivity index (χ4n) is 7.88. The molecular weight excluding hydrogens is 653 g/mol. The molecule has 52 heavy (non-hydrogen) atoms. The van der Waals surface area contributed by atoms with Crippen molar-refractivity contribution in [3.8, 4) is 39.9 Å². The summed E-state index contributed by atoms with van der Waals surface area (Å²) in [5, 5.41) is 9.55. The summed E-state index contributed by atoms with van der Waals surface area (Å²) in [6.45, 7) is 0. The minimum atomic E-state index is 0.649. The molecule has 4 nitrogen and oxygen atoms in total. The maximum Gasteiger partial charge on any atom is 0.164 e. The van der Waals surface area contributed by atoms with Crippen molar-refractivity contribution < 1.29 is 0 Å². The van der Waals surface area contributed by atoms with Gasteiger partial charge in [0.15, 0.2) is 17.5 Å². The van der Waals surface area contributed by atoms with Crippen LogP contribution in [0.5, 0.6) is 0 Å². The summed E-state index contributed by atoms with van der Waals surface area (Å²) in [5.41, 5.74) is 6.40. The van der Waals surface area contributed by atoms with Gasteiger partial charge in [-0.25, -0.2) is 15.0 Å². The van der Waals surface area contributed by atoms with Gasteiger partial charge in [0, 0.05) is 53.0 Å². The van der Waals surface area contributed by atoms with Gasteiger partial charge in [-0.1, -0.05) is 127 Å². The van der Waals surface area contributed by atoms with Gasteiger partial charge in [0.2, 0.25) is 0 Å². The number of nitrogens with zero attached hydrogens (tertiary/aromatic N) is 4. The van der Waals surface area contributed by atoms with Crippen LogP contribution >= 0.6 is 11.3 Å². The van der Waals surface area contributed by atoms with Gasteiger partial charge in [-0.15, -0.1) is 11.3 Å². The maximum absolute atomic E-state index is 5.29. The molecule has 3 heterocycles. The number of thiophene rings is 1. The highest BCUT2D eigenvalue weighted by Crippen LogP contribution is 2.41. The number of aromatic nitrogens is 4. The first-order chi connectivity index (χ1) is 25.8. The van der Waals surface area contributed by atoms with Crippen molar-refractivity contribution in [2.24, 2.45) is 0 Å². The lowest BCUT2D eigenvalue weighted by atomic mass is 10.0. The molecule has 0 amide bonds. The molecule has 242 valence electrons. The zero-order valence-corrected chi connectivity index (χ0v) is 28.7. The van der Waals surface area contributed by atoms with Crippen molar-refractivity contribution in [3.63, 3.8) is 0 Å². The molecule has 0 unspecified atom stereocenters. The zero-order chi connectivity index (χ0) is 34.2. The lowest BCUT2D eigenvalue weighted by Gasteiger charge is -2.15. The summed E-state index contributed by atoms with van der Waals surface area (Å²) >= 11 is 1.80. The molecule has 0 fully saturated rings. The quantitative estimate of drug-likeness (QED) is 0.186. The van der Waals surface area contributed by atoms with E-state index in [1.165, 1.54) is 52.8 Å². The van der Waals surface area contributed by atoms with E-state index < -0.39 is 0 Å².